The third-order valence-corrected chi connectivity index (χ3v) is 2.87. The fourth-order valence-corrected chi connectivity index (χ4v) is 1.30. The molecule has 104 valence electrons. The molecule has 19 heavy (non-hydrogen) atoms. The fraction of sp³-hybridized carbons (Fsp3) is 0.429. The molecular formula is C14H20N2O3. The number of hydrogen-bond donors (Lipinski definition) is 2. The molecule has 0 heterocycles. The molecular weight excluding hydrogens is 244 g/mol. The molecule has 0 saturated heterocycles. The highest BCUT2D eigenvalue weighted by Crippen LogP contribution is 2.06. The number of rotatable bonds is 5. The summed E-state index contributed by atoms with van der Waals surface area (Å²) in [6.07, 6.45) is 0. The van der Waals surface area contributed by atoms with Crippen LogP contribution in [0.15, 0.2) is 24.3 Å². The smallest absolute Gasteiger partial charge is 0.338 e. The number of amides is 1. The zero-order chi connectivity index (χ0) is 14.4. The van der Waals surface area contributed by atoms with Gasteiger partial charge in [-0.2, -0.15) is 0 Å². The van der Waals surface area contributed by atoms with Crippen LogP contribution in [0.2, 0.25) is 0 Å². The summed E-state index contributed by atoms with van der Waals surface area (Å²) >= 11 is 0. The molecule has 3 N–H and O–H groups in total. The van der Waals surface area contributed by atoms with Gasteiger partial charge in [-0.15, -0.1) is 0 Å². The first kappa shape index (κ1) is 15.0. The first-order valence-corrected chi connectivity index (χ1v) is 6.22. The van der Waals surface area contributed by atoms with Gasteiger partial charge in [0.2, 0.25) is 0 Å². The number of ether oxygens (including phenoxy) is 1. The number of esters is 1. The van der Waals surface area contributed by atoms with Crippen LogP contribution in [0, 0.1) is 5.92 Å². The molecule has 0 aliphatic heterocycles. The summed E-state index contributed by atoms with van der Waals surface area (Å²) in [4.78, 5) is 23.2. The third-order valence-electron chi connectivity index (χ3n) is 2.87. The predicted molar refractivity (Wildman–Crippen MR) is 73.6 cm³/mol. The molecule has 1 aromatic rings. The predicted octanol–water partition coefficient (Wildman–Crippen LogP) is 1.59. The number of nitrogen functional groups attached to an aromatic ring is 1. The SMILES string of the molecule is CC(C)[C@@H](C)NC(=O)COC(=O)c1ccc(N)cc1. The molecule has 0 radical (unpaired) electrons. The van der Waals surface area contributed by atoms with Crippen LogP contribution in [0.4, 0.5) is 5.69 Å². The quantitative estimate of drug-likeness (QED) is 0.625. The molecule has 1 rings (SSSR count). The van der Waals surface area contributed by atoms with Gasteiger partial charge in [0.25, 0.3) is 5.91 Å². The Morgan fingerprint density at radius 2 is 1.79 bits per heavy atom. The monoisotopic (exact) mass is 264 g/mol. The van der Waals surface area contributed by atoms with Crippen molar-refractivity contribution in [1.29, 1.82) is 0 Å². The lowest BCUT2D eigenvalue weighted by Crippen LogP contribution is -2.38. The Bertz CT molecular complexity index is 441. The van der Waals surface area contributed by atoms with Crippen molar-refractivity contribution < 1.29 is 14.3 Å². The zero-order valence-corrected chi connectivity index (χ0v) is 11.5. The van der Waals surface area contributed by atoms with Gasteiger partial charge in [0.1, 0.15) is 0 Å². The van der Waals surface area contributed by atoms with Gasteiger partial charge in [0, 0.05) is 11.7 Å². The maximum Gasteiger partial charge on any atom is 0.338 e. The minimum atomic E-state index is -0.535. The second-order valence-electron chi connectivity index (χ2n) is 4.80. The van der Waals surface area contributed by atoms with Gasteiger partial charge in [-0.05, 0) is 37.1 Å². The van der Waals surface area contributed by atoms with E-state index < -0.39 is 5.97 Å². The number of nitrogens with two attached hydrogens (primary N) is 1. The Labute approximate surface area is 113 Å². The van der Waals surface area contributed by atoms with E-state index in [1.807, 2.05) is 20.8 Å². The van der Waals surface area contributed by atoms with Gasteiger partial charge >= 0.3 is 5.97 Å². The number of hydrogen-bond acceptors (Lipinski definition) is 4. The third kappa shape index (κ3) is 4.99. The van der Waals surface area contributed by atoms with Crippen LogP contribution in [0.25, 0.3) is 0 Å². The van der Waals surface area contributed by atoms with Crippen molar-refractivity contribution >= 4 is 17.6 Å². The van der Waals surface area contributed by atoms with Crippen LogP contribution in [0.1, 0.15) is 31.1 Å². The largest absolute Gasteiger partial charge is 0.452 e. The molecule has 5 heteroatoms. The number of benzene rings is 1. The minimum absolute atomic E-state index is 0.0442. The van der Waals surface area contributed by atoms with Crippen LogP contribution in [0.5, 0.6) is 0 Å². The number of carbonyl (C=O) groups is 2. The summed E-state index contributed by atoms with van der Waals surface area (Å²) in [6, 6.07) is 6.39. The second-order valence-corrected chi connectivity index (χ2v) is 4.80. The summed E-state index contributed by atoms with van der Waals surface area (Å²) < 4.78 is 4.92. The number of nitrogens with one attached hydrogen (secondary N) is 1. The van der Waals surface area contributed by atoms with E-state index in [1.165, 1.54) is 0 Å². The average molecular weight is 264 g/mol. The van der Waals surface area contributed by atoms with E-state index in [-0.39, 0.29) is 18.6 Å². The maximum absolute atomic E-state index is 11.6. The van der Waals surface area contributed by atoms with E-state index in [9.17, 15) is 9.59 Å². The molecule has 1 amide bonds. The van der Waals surface area contributed by atoms with E-state index in [0.717, 1.165) is 0 Å². The first-order valence-electron chi connectivity index (χ1n) is 6.22. The molecule has 0 aliphatic carbocycles. The van der Waals surface area contributed by atoms with Gasteiger partial charge in [0.15, 0.2) is 6.61 Å². The normalized spacial score (nSPS) is 12.0. The van der Waals surface area contributed by atoms with Crippen LogP contribution >= 0.6 is 0 Å². The topological polar surface area (TPSA) is 81.4 Å². The Morgan fingerprint density at radius 3 is 2.32 bits per heavy atom. The molecule has 0 fully saturated rings. The minimum Gasteiger partial charge on any atom is -0.452 e. The molecule has 1 atom stereocenters. The lowest BCUT2D eigenvalue weighted by Gasteiger charge is -2.17. The van der Waals surface area contributed by atoms with Crippen LogP contribution in [0.3, 0.4) is 0 Å². The summed E-state index contributed by atoms with van der Waals surface area (Å²) in [5, 5.41) is 2.76. The van der Waals surface area contributed by atoms with E-state index in [4.69, 9.17) is 10.5 Å². The van der Waals surface area contributed by atoms with E-state index >= 15 is 0 Å². The average Bonchev–Trinajstić information content (AvgIpc) is 2.36. The van der Waals surface area contributed by atoms with Crippen molar-refractivity contribution in [1.82, 2.24) is 5.32 Å². The van der Waals surface area contributed by atoms with E-state index in [2.05, 4.69) is 5.32 Å². The molecule has 1 aromatic carbocycles. The highest BCUT2D eigenvalue weighted by molar-refractivity contribution is 5.91. The summed E-state index contributed by atoms with van der Waals surface area (Å²) in [6.45, 7) is 5.64. The lowest BCUT2D eigenvalue weighted by molar-refractivity contribution is -0.125. The fourth-order valence-electron chi connectivity index (χ4n) is 1.30. The van der Waals surface area contributed by atoms with Crippen LogP contribution in [-0.2, 0) is 9.53 Å². The lowest BCUT2D eigenvalue weighted by atomic mass is 10.1. The Morgan fingerprint density at radius 1 is 1.21 bits per heavy atom. The van der Waals surface area contributed by atoms with Crippen molar-refractivity contribution in [3.63, 3.8) is 0 Å². The van der Waals surface area contributed by atoms with Crippen molar-refractivity contribution in [3.05, 3.63) is 29.8 Å². The van der Waals surface area contributed by atoms with Gasteiger partial charge in [-0.1, -0.05) is 13.8 Å². The summed E-state index contributed by atoms with van der Waals surface area (Å²) in [7, 11) is 0. The van der Waals surface area contributed by atoms with Gasteiger partial charge < -0.3 is 15.8 Å². The second kappa shape index (κ2) is 6.78. The van der Waals surface area contributed by atoms with Crippen LogP contribution in [-0.4, -0.2) is 24.5 Å². The van der Waals surface area contributed by atoms with Crippen molar-refractivity contribution in [2.45, 2.75) is 26.8 Å². The molecule has 0 bridgehead atoms. The highest BCUT2D eigenvalue weighted by atomic mass is 16.5. The van der Waals surface area contributed by atoms with E-state index in [0.29, 0.717) is 17.2 Å². The molecule has 0 unspecified atom stereocenters. The van der Waals surface area contributed by atoms with Gasteiger partial charge in [-0.25, -0.2) is 4.79 Å². The van der Waals surface area contributed by atoms with Crippen molar-refractivity contribution in [2.75, 3.05) is 12.3 Å². The Balaban J connectivity index is 2.42. The summed E-state index contributed by atoms with van der Waals surface area (Å²) in [5.41, 5.74) is 6.46. The highest BCUT2D eigenvalue weighted by Gasteiger charge is 2.13. The van der Waals surface area contributed by atoms with Crippen LogP contribution < -0.4 is 11.1 Å². The standard InChI is InChI=1S/C14H20N2O3/c1-9(2)10(3)16-13(17)8-19-14(18)11-4-6-12(15)7-5-11/h4-7,9-10H,8,15H2,1-3H3,(H,16,17)/t10-/m1/s1. The molecule has 0 aromatic heterocycles. The van der Waals surface area contributed by atoms with Crippen molar-refractivity contribution in [3.8, 4) is 0 Å². The Hall–Kier alpha value is -2.04. The molecule has 5 nitrogen and oxygen atoms in total. The van der Waals surface area contributed by atoms with Crippen molar-refractivity contribution in [2.24, 2.45) is 5.92 Å². The number of anilines is 1. The summed E-state index contributed by atoms with van der Waals surface area (Å²) in [5.74, 6) is -0.505. The Kier molecular flexibility index (Phi) is 5.36. The first-order chi connectivity index (χ1) is 8.90. The molecule has 0 aliphatic rings. The number of carbonyl (C=O) groups excluding carboxylic acids is 2. The van der Waals surface area contributed by atoms with E-state index in [1.54, 1.807) is 24.3 Å². The molecule has 0 spiro atoms. The maximum atomic E-state index is 11.6. The van der Waals surface area contributed by atoms with Gasteiger partial charge in [0.05, 0.1) is 5.56 Å². The zero-order valence-electron chi connectivity index (χ0n) is 11.5. The molecule has 0 saturated carbocycles. The van der Waals surface area contributed by atoms with Gasteiger partial charge in [-0.3, -0.25) is 4.79 Å².